The molecule has 2 aromatic rings. The zero-order valence-electron chi connectivity index (χ0n) is 7.17. The van der Waals surface area contributed by atoms with E-state index in [1.54, 1.807) is 12.1 Å². The summed E-state index contributed by atoms with van der Waals surface area (Å²) in [5.41, 5.74) is 1.14. The standard InChI is InChI=1S/C10H9ClOS/c1-2-6-3-8(12)7-5-10(11)13-9(7)4-6/h3-5,12H,2H2,1H3. The zero-order valence-corrected chi connectivity index (χ0v) is 8.75. The van der Waals surface area contributed by atoms with Crippen molar-refractivity contribution < 1.29 is 5.11 Å². The predicted molar refractivity (Wildman–Crippen MR) is 57.9 cm³/mol. The molecule has 1 aromatic heterocycles. The van der Waals surface area contributed by atoms with Crippen molar-refractivity contribution in [3.63, 3.8) is 0 Å². The molecule has 1 heterocycles. The first-order chi connectivity index (χ1) is 6.20. The minimum absolute atomic E-state index is 0.331. The number of aromatic hydroxyl groups is 1. The molecule has 3 heteroatoms. The number of benzene rings is 1. The second kappa shape index (κ2) is 3.20. The smallest absolute Gasteiger partial charge is 0.124 e. The third-order valence-corrected chi connectivity index (χ3v) is 3.26. The number of aryl methyl sites for hydroxylation is 1. The average molecular weight is 213 g/mol. The number of phenolic OH excluding ortho intramolecular Hbond substituents is 1. The van der Waals surface area contributed by atoms with Crippen LogP contribution < -0.4 is 0 Å². The molecule has 0 unspecified atom stereocenters. The van der Waals surface area contributed by atoms with E-state index in [0.29, 0.717) is 5.75 Å². The van der Waals surface area contributed by atoms with Crippen molar-refractivity contribution in [2.75, 3.05) is 0 Å². The highest BCUT2D eigenvalue weighted by atomic mass is 35.5. The van der Waals surface area contributed by atoms with Gasteiger partial charge in [-0.05, 0) is 30.2 Å². The fourth-order valence-corrected chi connectivity index (χ4v) is 2.58. The van der Waals surface area contributed by atoms with E-state index in [-0.39, 0.29) is 0 Å². The molecular weight excluding hydrogens is 204 g/mol. The van der Waals surface area contributed by atoms with Gasteiger partial charge < -0.3 is 5.11 Å². The van der Waals surface area contributed by atoms with Crippen LogP contribution in [0.25, 0.3) is 10.1 Å². The van der Waals surface area contributed by atoms with Gasteiger partial charge in [-0.1, -0.05) is 18.5 Å². The summed E-state index contributed by atoms with van der Waals surface area (Å²) in [5.74, 6) is 0.331. The molecule has 0 aliphatic heterocycles. The predicted octanol–water partition coefficient (Wildman–Crippen LogP) is 3.82. The van der Waals surface area contributed by atoms with E-state index in [0.717, 1.165) is 26.4 Å². The third kappa shape index (κ3) is 1.52. The highest BCUT2D eigenvalue weighted by molar-refractivity contribution is 7.22. The van der Waals surface area contributed by atoms with E-state index < -0.39 is 0 Å². The molecule has 0 fully saturated rings. The van der Waals surface area contributed by atoms with Gasteiger partial charge in [0.2, 0.25) is 0 Å². The maximum atomic E-state index is 9.64. The van der Waals surface area contributed by atoms with Crippen molar-refractivity contribution in [3.8, 4) is 5.75 Å². The summed E-state index contributed by atoms with van der Waals surface area (Å²) in [4.78, 5) is 0. The number of thiophene rings is 1. The highest BCUT2D eigenvalue weighted by Gasteiger charge is 2.05. The van der Waals surface area contributed by atoms with Crippen LogP contribution in [0.1, 0.15) is 12.5 Å². The van der Waals surface area contributed by atoms with Crippen molar-refractivity contribution in [2.45, 2.75) is 13.3 Å². The van der Waals surface area contributed by atoms with E-state index in [2.05, 4.69) is 13.0 Å². The van der Waals surface area contributed by atoms with Crippen LogP contribution in [0.15, 0.2) is 18.2 Å². The van der Waals surface area contributed by atoms with E-state index in [1.807, 2.05) is 0 Å². The van der Waals surface area contributed by atoms with Crippen molar-refractivity contribution >= 4 is 33.0 Å². The molecule has 0 amide bonds. The monoisotopic (exact) mass is 212 g/mol. The molecule has 13 heavy (non-hydrogen) atoms. The first-order valence-corrected chi connectivity index (χ1v) is 5.31. The lowest BCUT2D eigenvalue weighted by atomic mass is 10.1. The minimum Gasteiger partial charge on any atom is -0.507 e. The SMILES string of the molecule is CCc1cc(O)c2cc(Cl)sc2c1. The molecule has 68 valence electrons. The highest BCUT2D eigenvalue weighted by Crippen LogP contribution is 2.35. The fourth-order valence-electron chi connectivity index (χ4n) is 1.35. The Bertz CT molecular complexity index is 447. The summed E-state index contributed by atoms with van der Waals surface area (Å²) in [6.45, 7) is 2.07. The first kappa shape index (κ1) is 8.85. The summed E-state index contributed by atoms with van der Waals surface area (Å²) in [6.07, 6.45) is 0.930. The number of halogens is 1. The first-order valence-electron chi connectivity index (χ1n) is 4.11. The lowest BCUT2D eigenvalue weighted by Crippen LogP contribution is -1.78. The van der Waals surface area contributed by atoms with Gasteiger partial charge in [-0.25, -0.2) is 0 Å². The summed E-state index contributed by atoms with van der Waals surface area (Å²) in [7, 11) is 0. The largest absolute Gasteiger partial charge is 0.507 e. The maximum absolute atomic E-state index is 9.64. The quantitative estimate of drug-likeness (QED) is 0.762. The normalized spacial score (nSPS) is 10.9. The molecule has 0 bridgehead atoms. The van der Waals surface area contributed by atoms with Gasteiger partial charge >= 0.3 is 0 Å². The van der Waals surface area contributed by atoms with Crippen LogP contribution in [0.4, 0.5) is 0 Å². The lowest BCUT2D eigenvalue weighted by Gasteiger charge is -1.99. The van der Waals surface area contributed by atoms with E-state index in [1.165, 1.54) is 11.3 Å². The molecule has 1 nitrogen and oxygen atoms in total. The molecule has 1 aromatic carbocycles. The van der Waals surface area contributed by atoms with E-state index >= 15 is 0 Å². The molecule has 0 spiro atoms. The van der Waals surface area contributed by atoms with Crippen LogP contribution in [0.3, 0.4) is 0 Å². The van der Waals surface area contributed by atoms with Crippen molar-refractivity contribution in [1.29, 1.82) is 0 Å². The van der Waals surface area contributed by atoms with E-state index in [4.69, 9.17) is 11.6 Å². The zero-order chi connectivity index (χ0) is 9.42. The lowest BCUT2D eigenvalue weighted by molar-refractivity contribution is 0.481. The molecule has 1 N–H and O–H groups in total. The topological polar surface area (TPSA) is 20.2 Å². The van der Waals surface area contributed by atoms with E-state index in [9.17, 15) is 5.11 Å². The Morgan fingerprint density at radius 3 is 2.85 bits per heavy atom. The molecule has 0 atom stereocenters. The Balaban J connectivity index is 2.75. The molecule has 0 aliphatic rings. The molecule has 0 saturated heterocycles. The van der Waals surface area contributed by atoms with Gasteiger partial charge in [0, 0.05) is 10.1 Å². The number of phenols is 1. The van der Waals surface area contributed by atoms with Crippen molar-refractivity contribution in [1.82, 2.24) is 0 Å². The molecule has 0 saturated carbocycles. The van der Waals surface area contributed by atoms with Gasteiger partial charge in [0.15, 0.2) is 0 Å². The number of rotatable bonds is 1. The molecule has 0 radical (unpaired) electrons. The van der Waals surface area contributed by atoms with Crippen LogP contribution in [0.2, 0.25) is 4.34 Å². The van der Waals surface area contributed by atoms with Crippen molar-refractivity contribution in [2.24, 2.45) is 0 Å². The summed E-state index contributed by atoms with van der Waals surface area (Å²) in [5, 5.41) is 10.5. The second-order valence-electron chi connectivity index (χ2n) is 2.93. The number of hydrogen-bond acceptors (Lipinski definition) is 2. The third-order valence-electron chi connectivity index (χ3n) is 2.05. The number of hydrogen-bond donors (Lipinski definition) is 1. The second-order valence-corrected chi connectivity index (χ2v) is 4.65. The van der Waals surface area contributed by atoms with Crippen LogP contribution in [0, 0.1) is 0 Å². The van der Waals surface area contributed by atoms with Crippen LogP contribution in [0.5, 0.6) is 5.75 Å². The van der Waals surface area contributed by atoms with Gasteiger partial charge in [0.05, 0.1) is 4.34 Å². The molecule has 2 rings (SSSR count). The summed E-state index contributed by atoms with van der Waals surface area (Å²) in [6, 6.07) is 5.67. The molecule has 0 aliphatic carbocycles. The Morgan fingerprint density at radius 1 is 1.38 bits per heavy atom. The summed E-state index contributed by atoms with van der Waals surface area (Å²) < 4.78 is 1.78. The van der Waals surface area contributed by atoms with Gasteiger partial charge in [-0.2, -0.15) is 0 Å². The minimum atomic E-state index is 0.331. The maximum Gasteiger partial charge on any atom is 0.124 e. The van der Waals surface area contributed by atoms with Gasteiger partial charge in [-0.3, -0.25) is 0 Å². The van der Waals surface area contributed by atoms with Gasteiger partial charge in [0.1, 0.15) is 5.75 Å². The Kier molecular flexibility index (Phi) is 2.18. The average Bonchev–Trinajstić information content (AvgIpc) is 2.46. The van der Waals surface area contributed by atoms with Crippen LogP contribution in [-0.2, 0) is 6.42 Å². The fraction of sp³-hybridized carbons (Fsp3) is 0.200. The molecular formula is C10H9ClOS. The van der Waals surface area contributed by atoms with Gasteiger partial charge in [-0.15, -0.1) is 11.3 Å². The Morgan fingerprint density at radius 2 is 2.15 bits per heavy atom. The van der Waals surface area contributed by atoms with Gasteiger partial charge in [0.25, 0.3) is 0 Å². The summed E-state index contributed by atoms with van der Waals surface area (Å²) >= 11 is 7.36. The van der Waals surface area contributed by atoms with Crippen molar-refractivity contribution in [3.05, 3.63) is 28.1 Å². The Hall–Kier alpha value is -0.730. The van der Waals surface area contributed by atoms with Crippen LogP contribution >= 0.6 is 22.9 Å². The van der Waals surface area contributed by atoms with Crippen LogP contribution in [-0.4, -0.2) is 5.11 Å². The number of fused-ring (bicyclic) bond motifs is 1. The Labute approximate surface area is 85.6 Å².